The SMILES string of the molecule is CN1CC(Oc2cc(-c3cnn(C)c3)cc3ncnc(Nc4ccc5ncsc5c4)c23)C1. The first kappa shape index (κ1) is 19.1. The van der Waals surface area contributed by atoms with E-state index in [1.54, 1.807) is 22.3 Å². The number of benzene rings is 2. The van der Waals surface area contributed by atoms with Crippen molar-refractivity contribution in [2.45, 2.75) is 6.10 Å². The van der Waals surface area contributed by atoms with Crippen molar-refractivity contribution in [2.24, 2.45) is 7.05 Å². The zero-order valence-corrected chi connectivity index (χ0v) is 18.5. The number of ether oxygens (including phenoxy) is 1. The average molecular weight is 444 g/mol. The number of anilines is 2. The number of nitrogens with zero attached hydrogens (tertiary/aromatic N) is 6. The monoisotopic (exact) mass is 443 g/mol. The van der Waals surface area contributed by atoms with Crippen molar-refractivity contribution in [1.82, 2.24) is 29.6 Å². The van der Waals surface area contributed by atoms with Gasteiger partial charge >= 0.3 is 0 Å². The van der Waals surface area contributed by atoms with E-state index in [1.807, 2.05) is 37.1 Å². The minimum Gasteiger partial charge on any atom is -0.487 e. The van der Waals surface area contributed by atoms with Gasteiger partial charge in [0.1, 0.15) is 24.0 Å². The first-order chi connectivity index (χ1) is 15.6. The summed E-state index contributed by atoms with van der Waals surface area (Å²) in [6, 6.07) is 10.2. The van der Waals surface area contributed by atoms with Crippen LogP contribution in [0.5, 0.6) is 5.75 Å². The molecule has 1 aliphatic rings. The summed E-state index contributed by atoms with van der Waals surface area (Å²) in [4.78, 5) is 15.7. The van der Waals surface area contributed by atoms with Gasteiger partial charge in [-0.1, -0.05) is 0 Å². The highest BCUT2D eigenvalue weighted by atomic mass is 32.1. The zero-order valence-electron chi connectivity index (χ0n) is 17.7. The summed E-state index contributed by atoms with van der Waals surface area (Å²) in [5, 5.41) is 8.66. The average Bonchev–Trinajstić information content (AvgIpc) is 3.41. The number of likely N-dealkylation sites (tertiary alicyclic amines) is 1. The van der Waals surface area contributed by atoms with Crippen LogP contribution in [0.1, 0.15) is 0 Å². The quantitative estimate of drug-likeness (QED) is 0.438. The number of aromatic nitrogens is 5. The van der Waals surface area contributed by atoms with Crippen LogP contribution in [0.4, 0.5) is 11.5 Å². The Balaban J connectivity index is 1.46. The van der Waals surface area contributed by atoms with Crippen LogP contribution in [0, 0.1) is 0 Å². The van der Waals surface area contributed by atoms with Gasteiger partial charge in [0.25, 0.3) is 0 Å². The van der Waals surface area contributed by atoms with Gasteiger partial charge in [-0.2, -0.15) is 5.10 Å². The predicted octanol–water partition coefficient (Wildman–Crippen LogP) is 4.08. The van der Waals surface area contributed by atoms with Gasteiger partial charge in [-0.05, 0) is 42.9 Å². The highest BCUT2D eigenvalue weighted by Crippen LogP contribution is 2.37. The lowest BCUT2D eigenvalue weighted by Crippen LogP contribution is -2.51. The lowest BCUT2D eigenvalue weighted by atomic mass is 10.1. The molecule has 0 aliphatic carbocycles. The van der Waals surface area contributed by atoms with Gasteiger partial charge in [0.2, 0.25) is 0 Å². The maximum absolute atomic E-state index is 6.44. The summed E-state index contributed by atoms with van der Waals surface area (Å²) >= 11 is 1.62. The van der Waals surface area contributed by atoms with Crippen molar-refractivity contribution >= 4 is 44.0 Å². The molecule has 0 amide bonds. The maximum atomic E-state index is 6.44. The fourth-order valence-electron chi connectivity index (χ4n) is 4.04. The van der Waals surface area contributed by atoms with Gasteiger partial charge in [0.15, 0.2) is 0 Å². The van der Waals surface area contributed by atoms with Crippen LogP contribution in [0.2, 0.25) is 0 Å². The third-order valence-electron chi connectivity index (χ3n) is 5.66. The third kappa shape index (κ3) is 3.45. The smallest absolute Gasteiger partial charge is 0.145 e. The fourth-order valence-corrected chi connectivity index (χ4v) is 4.76. The Morgan fingerprint density at radius 2 is 1.94 bits per heavy atom. The number of fused-ring (bicyclic) bond motifs is 2. The molecule has 6 rings (SSSR count). The van der Waals surface area contributed by atoms with Crippen LogP contribution in [0.25, 0.3) is 32.2 Å². The van der Waals surface area contributed by atoms with E-state index < -0.39 is 0 Å². The standard InChI is InChI=1S/C23H21N7OS/c1-29-10-17(11-29)31-20-6-14(15-8-27-30(2)9-15)5-19-22(20)23(25-12-24-19)28-16-3-4-18-21(7-16)32-13-26-18/h3-9,12-13,17H,10-11H2,1-2H3,(H,24,25,28). The number of aryl methyl sites for hydroxylation is 1. The Morgan fingerprint density at radius 1 is 1.03 bits per heavy atom. The Hall–Kier alpha value is -3.56. The minimum atomic E-state index is 0.147. The highest BCUT2D eigenvalue weighted by molar-refractivity contribution is 7.16. The van der Waals surface area contributed by atoms with Crippen molar-refractivity contribution in [3.63, 3.8) is 0 Å². The first-order valence-corrected chi connectivity index (χ1v) is 11.2. The summed E-state index contributed by atoms with van der Waals surface area (Å²) in [6.45, 7) is 1.80. The second-order valence-corrected chi connectivity index (χ2v) is 9.00. The van der Waals surface area contributed by atoms with E-state index in [4.69, 9.17) is 4.74 Å². The molecule has 4 heterocycles. The van der Waals surface area contributed by atoms with E-state index in [9.17, 15) is 0 Å². The molecule has 0 bridgehead atoms. The van der Waals surface area contributed by atoms with Gasteiger partial charge in [-0.15, -0.1) is 11.3 Å². The van der Waals surface area contributed by atoms with E-state index in [0.717, 1.165) is 62.6 Å². The van der Waals surface area contributed by atoms with Gasteiger partial charge < -0.3 is 10.1 Å². The molecule has 5 aromatic rings. The van der Waals surface area contributed by atoms with Crippen LogP contribution in [0.15, 0.2) is 54.6 Å². The van der Waals surface area contributed by atoms with Crippen LogP contribution in [-0.4, -0.2) is 55.9 Å². The molecule has 1 aliphatic heterocycles. The number of rotatable bonds is 5. The lowest BCUT2D eigenvalue weighted by molar-refractivity contribution is 0.0400. The molecule has 0 spiro atoms. The van der Waals surface area contributed by atoms with Gasteiger partial charge in [-0.3, -0.25) is 9.58 Å². The highest BCUT2D eigenvalue weighted by Gasteiger charge is 2.26. The summed E-state index contributed by atoms with van der Waals surface area (Å²) in [5.74, 6) is 1.50. The molecule has 0 atom stereocenters. The van der Waals surface area contributed by atoms with Gasteiger partial charge in [0.05, 0.1) is 32.8 Å². The zero-order chi connectivity index (χ0) is 21.7. The Bertz CT molecular complexity index is 1440. The largest absolute Gasteiger partial charge is 0.487 e. The summed E-state index contributed by atoms with van der Waals surface area (Å²) in [5.41, 5.74) is 6.67. The second kappa shape index (κ2) is 7.54. The van der Waals surface area contributed by atoms with Gasteiger partial charge in [-0.25, -0.2) is 15.0 Å². The Kier molecular flexibility index (Phi) is 4.51. The van der Waals surface area contributed by atoms with Crippen LogP contribution < -0.4 is 10.1 Å². The number of hydrogen-bond acceptors (Lipinski definition) is 8. The molecule has 1 saturated heterocycles. The summed E-state index contributed by atoms with van der Waals surface area (Å²) in [7, 11) is 4.01. The molecule has 3 aromatic heterocycles. The van der Waals surface area contributed by atoms with Crippen LogP contribution in [-0.2, 0) is 7.05 Å². The third-order valence-corrected chi connectivity index (χ3v) is 6.45. The molecule has 9 heteroatoms. The van der Waals surface area contributed by atoms with E-state index in [1.165, 1.54) is 0 Å². The summed E-state index contributed by atoms with van der Waals surface area (Å²) < 4.78 is 9.36. The molecule has 160 valence electrons. The Morgan fingerprint density at radius 3 is 2.75 bits per heavy atom. The normalized spacial score (nSPS) is 14.7. The van der Waals surface area contributed by atoms with Crippen molar-refractivity contribution in [3.05, 3.63) is 54.6 Å². The number of hydrogen-bond donors (Lipinski definition) is 1. The molecule has 1 N–H and O–H groups in total. The van der Waals surface area contributed by atoms with E-state index >= 15 is 0 Å². The molecule has 0 saturated carbocycles. The topological polar surface area (TPSA) is 81.0 Å². The van der Waals surface area contributed by atoms with E-state index in [-0.39, 0.29) is 6.10 Å². The minimum absolute atomic E-state index is 0.147. The predicted molar refractivity (Wildman–Crippen MR) is 127 cm³/mol. The van der Waals surface area contributed by atoms with Crippen molar-refractivity contribution in [3.8, 4) is 16.9 Å². The fraction of sp³-hybridized carbons (Fsp3) is 0.217. The van der Waals surface area contributed by atoms with Crippen LogP contribution >= 0.6 is 11.3 Å². The maximum Gasteiger partial charge on any atom is 0.145 e. The van der Waals surface area contributed by atoms with Gasteiger partial charge in [0, 0.05) is 37.6 Å². The molecule has 1 fully saturated rings. The molecular weight excluding hydrogens is 422 g/mol. The summed E-state index contributed by atoms with van der Waals surface area (Å²) in [6.07, 6.45) is 5.58. The second-order valence-electron chi connectivity index (χ2n) is 8.11. The lowest BCUT2D eigenvalue weighted by Gasteiger charge is -2.36. The molecule has 8 nitrogen and oxygen atoms in total. The molecule has 0 unspecified atom stereocenters. The first-order valence-electron chi connectivity index (χ1n) is 10.4. The molecular formula is C23H21N7OS. The molecule has 0 radical (unpaired) electrons. The van der Waals surface area contributed by atoms with Crippen LogP contribution in [0.3, 0.4) is 0 Å². The van der Waals surface area contributed by atoms with E-state index in [2.05, 4.69) is 55.5 Å². The number of thiazole rings is 1. The van der Waals surface area contributed by atoms with E-state index in [0.29, 0.717) is 0 Å². The van der Waals surface area contributed by atoms with Crippen molar-refractivity contribution in [2.75, 3.05) is 25.5 Å². The number of likely N-dealkylation sites (N-methyl/N-ethyl adjacent to an activating group) is 1. The van der Waals surface area contributed by atoms with Crippen molar-refractivity contribution in [1.29, 1.82) is 0 Å². The number of nitrogens with one attached hydrogen (secondary N) is 1. The molecule has 2 aromatic carbocycles. The van der Waals surface area contributed by atoms with Crippen molar-refractivity contribution < 1.29 is 4.74 Å². The Labute approximate surface area is 188 Å². The molecule has 32 heavy (non-hydrogen) atoms.